The summed E-state index contributed by atoms with van der Waals surface area (Å²) >= 11 is 0. The van der Waals surface area contributed by atoms with Crippen molar-refractivity contribution >= 4 is 12.0 Å². The topological polar surface area (TPSA) is 96.9 Å². The summed E-state index contributed by atoms with van der Waals surface area (Å²) in [5.74, 6) is -0.177. The number of esters is 1. The molecule has 1 atom stereocenters. The Morgan fingerprint density at radius 3 is 2.64 bits per heavy atom. The highest BCUT2D eigenvalue weighted by Crippen LogP contribution is 2.34. The van der Waals surface area contributed by atoms with E-state index in [4.69, 9.17) is 9.47 Å². The van der Waals surface area contributed by atoms with Gasteiger partial charge in [0, 0.05) is 5.70 Å². The van der Waals surface area contributed by atoms with Crippen LogP contribution in [0.25, 0.3) is 0 Å². The van der Waals surface area contributed by atoms with E-state index in [-0.39, 0.29) is 18.4 Å². The quantitative estimate of drug-likeness (QED) is 0.658. The van der Waals surface area contributed by atoms with E-state index in [0.717, 1.165) is 6.42 Å². The molecule has 1 aromatic rings. The Labute approximate surface area is 147 Å². The first kappa shape index (κ1) is 18.6. The largest absolute Gasteiger partial charge is 0.504 e. The van der Waals surface area contributed by atoms with Gasteiger partial charge in [-0.05, 0) is 38.0 Å². The number of carbonyl (C=O) groups is 2. The van der Waals surface area contributed by atoms with Crippen molar-refractivity contribution in [3.63, 3.8) is 0 Å². The molecule has 3 N–H and O–H groups in total. The molecule has 1 aliphatic heterocycles. The van der Waals surface area contributed by atoms with Crippen LogP contribution < -0.4 is 15.4 Å². The molecule has 1 heterocycles. The number of hydrogen-bond donors (Lipinski definition) is 3. The van der Waals surface area contributed by atoms with Crippen molar-refractivity contribution in [1.82, 2.24) is 10.6 Å². The molecule has 1 aliphatic rings. The van der Waals surface area contributed by atoms with Crippen LogP contribution in [0.3, 0.4) is 0 Å². The molecule has 2 rings (SSSR count). The molecule has 136 valence electrons. The summed E-state index contributed by atoms with van der Waals surface area (Å²) in [6.07, 6.45) is 1.32. The van der Waals surface area contributed by atoms with Gasteiger partial charge in [0.2, 0.25) is 0 Å². The summed E-state index contributed by atoms with van der Waals surface area (Å²) < 4.78 is 10.6. The number of nitrogens with one attached hydrogen (secondary N) is 2. The summed E-state index contributed by atoms with van der Waals surface area (Å²) in [6, 6.07) is 3.70. The average molecular weight is 348 g/mol. The summed E-state index contributed by atoms with van der Waals surface area (Å²) in [6.45, 7) is 6.13. The molecule has 0 spiro atoms. The van der Waals surface area contributed by atoms with Crippen LogP contribution in [-0.2, 0) is 9.53 Å². The van der Waals surface area contributed by atoms with Crippen LogP contribution in [0.5, 0.6) is 11.5 Å². The zero-order valence-corrected chi connectivity index (χ0v) is 14.7. The Hall–Kier alpha value is -2.70. The zero-order chi connectivity index (χ0) is 18.4. The highest BCUT2D eigenvalue weighted by molar-refractivity contribution is 5.95. The van der Waals surface area contributed by atoms with Crippen LogP contribution in [-0.4, -0.2) is 30.3 Å². The fourth-order valence-corrected chi connectivity index (χ4v) is 2.75. The first-order valence-corrected chi connectivity index (χ1v) is 8.45. The van der Waals surface area contributed by atoms with Gasteiger partial charge in [0.15, 0.2) is 11.5 Å². The molecule has 2 amide bonds. The lowest BCUT2D eigenvalue weighted by Gasteiger charge is -2.29. The van der Waals surface area contributed by atoms with E-state index in [0.29, 0.717) is 35.6 Å². The molecule has 0 saturated carbocycles. The molecule has 0 bridgehead atoms. The van der Waals surface area contributed by atoms with Gasteiger partial charge in [-0.25, -0.2) is 9.59 Å². The standard InChI is InChI=1S/C18H24N2O5/c1-4-7-12-15(17(22)25-6-3)16(20-18(23)19-12)11-8-9-13(21)14(10-11)24-5-2/h8-10,16,21H,4-7H2,1-3H3,(H2,19,20,23). The van der Waals surface area contributed by atoms with Gasteiger partial charge in [-0.1, -0.05) is 19.4 Å². The molecular formula is C18H24N2O5. The molecule has 7 heteroatoms. The number of benzene rings is 1. The van der Waals surface area contributed by atoms with E-state index in [1.165, 1.54) is 6.07 Å². The molecule has 1 unspecified atom stereocenters. The molecule has 0 aromatic heterocycles. The van der Waals surface area contributed by atoms with Gasteiger partial charge < -0.3 is 25.2 Å². The van der Waals surface area contributed by atoms with Crippen molar-refractivity contribution in [3.8, 4) is 11.5 Å². The molecular weight excluding hydrogens is 324 g/mol. The highest BCUT2D eigenvalue weighted by Gasteiger charge is 2.33. The maximum Gasteiger partial charge on any atom is 0.338 e. The van der Waals surface area contributed by atoms with E-state index in [1.807, 2.05) is 13.8 Å². The Balaban J connectivity index is 2.51. The number of phenols is 1. The second-order valence-electron chi connectivity index (χ2n) is 5.55. The van der Waals surface area contributed by atoms with Crippen molar-refractivity contribution < 1.29 is 24.2 Å². The Morgan fingerprint density at radius 2 is 2.00 bits per heavy atom. The van der Waals surface area contributed by atoms with Crippen LogP contribution in [0.4, 0.5) is 4.79 Å². The number of allylic oxidation sites excluding steroid dienone is 1. The summed E-state index contributed by atoms with van der Waals surface area (Å²) in [7, 11) is 0. The fourth-order valence-electron chi connectivity index (χ4n) is 2.75. The first-order valence-electron chi connectivity index (χ1n) is 8.45. The second-order valence-corrected chi connectivity index (χ2v) is 5.55. The van der Waals surface area contributed by atoms with Gasteiger partial charge in [0.25, 0.3) is 0 Å². The SMILES string of the molecule is CCCC1=C(C(=O)OCC)C(c2ccc(O)c(OCC)c2)NC(=O)N1. The third kappa shape index (κ3) is 4.23. The monoisotopic (exact) mass is 348 g/mol. The highest BCUT2D eigenvalue weighted by atomic mass is 16.5. The van der Waals surface area contributed by atoms with Crippen molar-refractivity contribution in [3.05, 3.63) is 35.0 Å². The number of ether oxygens (including phenoxy) is 2. The third-order valence-corrected chi connectivity index (χ3v) is 3.77. The van der Waals surface area contributed by atoms with Gasteiger partial charge in [-0.15, -0.1) is 0 Å². The molecule has 0 aliphatic carbocycles. The maximum atomic E-state index is 12.5. The predicted octanol–water partition coefficient (Wildman–Crippen LogP) is 2.76. The van der Waals surface area contributed by atoms with Crippen molar-refractivity contribution in [2.75, 3.05) is 13.2 Å². The minimum Gasteiger partial charge on any atom is -0.504 e. The number of amides is 2. The van der Waals surface area contributed by atoms with Crippen LogP contribution in [0.2, 0.25) is 0 Å². The van der Waals surface area contributed by atoms with E-state index >= 15 is 0 Å². The van der Waals surface area contributed by atoms with Crippen molar-refractivity contribution in [1.29, 1.82) is 0 Å². The number of hydrogen-bond acceptors (Lipinski definition) is 5. The maximum absolute atomic E-state index is 12.5. The minimum absolute atomic E-state index is 0.00121. The van der Waals surface area contributed by atoms with Crippen LogP contribution in [0.15, 0.2) is 29.5 Å². The van der Waals surface area contributed by atoms with E-state index < -0.39 is 12.0 Å². The van der Waals surface area contributed by atoms with Gasteiger partial charge in [0.05, 0.1) is 24.8 Å². The Morgan fingerprint density at radius 1 is 1.24 bits per heavy atom. The van der Waals surface area contributed by atoms with Gasteiger partial charge >= 0.3 is 12.0 Å². The number of rotatable bonds is 7. The molecule has 0 fully saturated rings. The second kappa shape index (κ2) is 8.41. The Bertz CT molecular complexity index is 684. The lowest BCUT2D eigenvalue weighted by Crippen LogP contribution is -2.46. The molecule has 25 heavy (non-hydrogen) atoms. The van der Waals surface area contributed by atoms with Gasteiger partial charge in [-0.3, -0.25) is 0 Å². The fraction of sp³-hybridized carbons (Fsp3) is 0.444. The van der Waals surface area contributed by atoms with E-state index in [2.05, 4.69) is 10.6 Å². The normalized spacial score (nSPS) is 16.9. The van der Waals surface area contributed by atoms with E-state index in [1.54, 1.807) is 19.1 Å². The number of carbonyl (C=O) groups excluding carboxylic acids is 2. The number of phenolic OH excluding ortho intramolecular Hbond substituents is 1. The molecule has 0 radical (unpaired) electrons. The summed E-state index contributed by atoms with van der Waals surface area (Å²) in [4.78, 5) is 24.5. The Kier molecular flexibility index (Phi) is 6.27. The van der Waals surface area contributed by atoms with Crippen LogP contribution >= 0.6 is 0 Å². The lowest BCUT2D eigenvalue weighted by atomic mass is 9.93. The smallest absolute Gasteiger partial charge is 0.338 e. The molecule has 0 saturated heterocycles. The van der Waals surface area contributed by atoms with Crippen LogP contribution in [0.1, 0.15) is 45.2 Å². The van der Waals surface area contributed by atoms with Crippen molar-refractivity contribution in [2.24, 2.45) is 0 Å². The zero-order valence-electron chi connectivity index (χ0n) is 14.7. The number of urea groups is 1. The summed E-state index contributed by atoms with van der Waals surface area (Å²) in [5.41, 5.74) is 1.56. The van der Waals surface area contributed by atoms with Gasteiger partial charge in [0.1, 0.15) is 0 Å². The average Bonchev–Trinajstić information content (AvgIpc) is 2.57. The van der Waals surface area contributed by atoms with Crippen LogP contribution in [0, 0.1) is 0 Å². The lowest BCUT2D eigenvalue weighted by molar-refractivity contribution is -0.139. The summed E-state index contributed by atoms with van der Waals surface area (Å²) in [5, 5.41) is 15.3. The van der Waals surface area contributed by atoms with Crippen molar-refractivity contribution in [2.45, 2.75) is 39.7 Å². The van der Waals surface area contributed by atoms with Gasteiger partial charge in [-0.2, -0.15) is 0 Å². The minimum atomic E-state index is -0.672. The molecule has 1 aromatic carbocycles. The first-order chi connectivity index (χ1) is 12.0. The third-order valence-electron chi connectivity index (χ3n) is 3.77. The van der Waals surface area contributed by atoms with E-state index in [9.17, 15) is 14.7 Å². The molecule has 7 nitrogen and oxygen atoms in total. The predicted molar refractivity (Wildman–Crippen MR) is 92.3 cm³/mol. The number of aromatic hydroxyl groups is 1.